The molecule has 0 saturated carbocycles. The largest absolute Gasteiger partial charge is 0.469 e. The van der Waals surface area contributed by atoms with Crippen LogP contribution in [0.3, 0.4) is 0 Å². The van der Waals surface area contributed by atoms with Crippen molar-refractivity contribution in [3.05, 3.63) is 12.2 Å². The van der Waals surface area contributed by atoms with E-state index in [-0.39, 0.29) is 11.5 Å². The Balaban J connectivity index is 4.48. The van der Waals surface area contributed by atoms with Gasteiger partial charge in [-0.25, -0.2) is 0 Å². The van der Waals surface area contributed by atoms with Gasteiger partial charge in [-0.1, -0.05) is 52.7 Å². The van der Waals surface area contributed by atoms with E-state index in [1.165, 1.54) is 20.0 Å². The summed E-state index contributed by atoms with van der Waals surface area (Å²) in [6.45, 7) is 8.57. The van der Waals surface area contributed by atoms with Crippen LogP contribution < -0.4 is 0 Å². The average Bonchev–Trinajstić information content (AvgIpc) is 2.40. The molecule has 0 aromatic carbocycles. The van der Waals surface area contributed by atoms with Crippen LogP contribution in [0.1, 0.15) is 59.8 Å². The SMILES string of the molecule is CCCCCC=C[C@H](O[SiH2]C(C)(C)C)[C@H](O)CC(=O)OC. The number of ether oxygens (including phenoxy) is 1. The maximum atomic E-state index is 11.3. The molecule has 0 aliphatic carbocycles. The highest BCUT2D eigenvalue weighted by Crippen LogP contribution is 2.22. The number of carbonyl (C=O) groups excluding carboxylic acids is 1. The van der Waals surface area contributed by atoms with Gasteiger partial charge in [-0.05, 0) is 17.9 Å². The van der Waals surface area contributed by atoms with Gasteiger partial charge in [-0.15, -0.1) is 0 Å². The fraction of sp³-hybridized carbons (Fsp3) is 0.812. The molecule has 0 saturated heterocycles. The Morgan fingerprint density at radius 2 is 2.00 bits per heavy atom. The van der Waals surface area contributed by atoms with Crippen LogP contribution in [0.25, 0.3) is 0 Å². The predicted molar refractivity (Wildman–Crippen MR) is 89.1 cm³/mol. The molecule has 21 heavy (non-hydrogen) atoms. The van der Waals surface area contributed by atoms with Crippen LogP contribution in [0.2, 0.25) is 5.04 Å². The zero-order valence-electron chi connectivity index (χ0n) is 14.2. The standard InChI is InChI=1S/C16H32O4Si/c1-6-7-8-9-10-11-14(20-21-16(2,3)4)13(17)12-15(18)19-5/h10-11,13-14,17H,6-9,12,21H2,1-5H3/t13-,14+/m1/s1. The Bertz CT molecular complexity index is 310. The van der Waals surface area contributed by atoms with Crippen LogP contribution in [0.15, 0.2) is 12.2 Å². The highest BCUT2D eigenvalue weighted by atomic mass is 28.2. The minimum absolute atomic E-state index is 0.0288. The van der Waals surface area contributed by atoms with Crippen molar-refractivity contribution in [2.75, 3.05) is 7.11 Å². The van der Waals surface area contributed by atoms with Gasteiger partial charge in [0, 0.05) is 0 Å². The van der Waals surface area contributed by atoms with E-state index in [2.05, 4.69) is 38.5 Å². The Morgan fingerprint density at radius 1 is 1.33 bits per heavy atom. The molecule has 124 valence electrons. The van der Waals surface area contributed by atoms with Crippen LogP contribution in [0.4, 0.5) is 0 Å². The number of esters is 1. The molecule has 1 N–H and O–H groups in total. The number of methoxy groups -OCH3 is 1. The second-order valence-electron chi connectivity index (χ2n) is 6.61. The lowest BCUT2D eigenvalue weighted by molar-refractivity contribution is -0.143. The molecule has 0 unspecified atom stereocenters. The lowest BCUT2D eigenvalue weighted by Crippen LogP contribution is -2.33. The predicted octanol–water partition coefficient (Wildman–Crippen LogP) is 2.73. The Morgan fingerprint density at radius 3 is 2.52 bits per heavy atom. The Kier molecular flexibility index (Phi) is 10.6. The lowest BCUT2D eigenvalue weighted by Gasteiger charge is -2.25. The maximum Gasteiger partial charge on any atom is 0.308 e. The molecular weight excluding hydrogens is 284 g/mol. The lowest BCUT2D eigenvalue weighted by atomic mass is 10.1. The van der Waals surface area contributed by atoms with E-state index in [1.54, 1.807) is 0 Å². The zero-order chi connectivity index (χ0) is 16.3. The highest BCUT2D eigenvalue weighted by Gasteiger charge is 2.23. The van der Waals surface area contributed by atoms with Gasteiger partial charge in [0.25, 0.3) is 0 Å². The van der Waals surface area contributed by atoms with Crippen LogP contribution in [0.5, 0.6) is 0 Å². The maximum absolute atomic E-state index is 11.3. The molecule has 0 heterocycles. The molecule has 0 amide bonds. The number of hydrogen-bond donors (Lipinski definition) is 1. The van der Waals surface area contributed by atoms with Crippen molar-refractivity contribution >= 4 is 15.7 Å². The molecular formula is C16H32O4Si. The molecule has 5 heteroatoms. The van der Waals surface area contributed by atoms with Crippen molar-refractivity contribution in [3.63, 3.8) is 0 Å². The van der Waals surface area contributed by atoms with E-state index in [9.17, 15) is 9.90 Å². The van der Waals surface area contributed by atoms with E-state index in [1.807, 2.05) is 6.08 Å². The quantitative estimate of drug-likeness (QED) is 0.291. The summed E-state index contributed by atoms with van der Waals surface area (Å²) in [5.74, 6) is -0.409. The van der Waals surface area contributed by atoms with Gasteiger partial charge in [-0.3, -0.25) is 4.79 Å². The van der Waals surface area contributed by atoms with Crippen molar-refractivity contribution in [2.24, 2.45) is 0 Å². The molecule has 2 atom stereocenters. The van der Waals surface area contributed by atoms with Gasteiger partial charge in [0.1, 0.15) is 0 Å². The number of aliphatic hydroxyl groups is 1. The number of hydrogen-bond acceptors (Lipinski definition) is 4. The van der Waals surface area contributed by atoms with Gasteiger partial charge >= 0.3 is 5.97 Å². The first-order valence-corrected chi connectivity index (χ1v) is 9.11. The summed E-state index contributed by atoms with van der Waals surface area (Å²) in [5.41, 5.74) is 0. The third-order valence-electron chi connectivity index (χ3n) is 2.99. The number of rotatable bonds is 10. The second kappa shape index (κ2) is 11.0. The van der Waals surface area contributed by atoms with E-state index < -0.39 is 27.9 Å². The van der Waals surface area contributed by atoms with Gasteiger partial charge in [0.15, 0.2) is 9.76 Å². The van der Waals surface area contributed by atoms with Gasteiger partial charge in [0.05, 0.1) is 25.7 Å². The molecule has 0 radical (unpaired) electrons. The summed E-state index contributed by atoms with van der Waals surface area (Å²) >= 11 is 0. The molecule has 0 aliphatic rings. The molecule has 0 fully saturated rings. The van der Waals surface area contributed by atoms with E-state index in [4.69, 9.17) is 4.43 Å². The summed E-state index contributed by atoms with van der Waals surface area (Å²) in [7, 11) is 0.541. The Hall–Kier alpha value is -0.653. The fourth-order valence-electron chi connectivity index (χ4n) is 1.75. The third-order valence-corrected chi connectivity index (χ3v) is 4.41. The summed E-state index contributed by atoms with van der Waals surface area (Å²) in [4.78, 5) is 11.3. The number of carbonyl (C=O) groups is 1. The van der Waals surface area contributed by atoms with Crippen molar-refractivity contribution in [1.29, 1.82) is 0 Å². The molecule has 0 aromatic heterocycles. The first-order valence-electron chi connectivity index (χ1n) is 7.83. The smallest absolute Gasteiger partial charge is 0.308 e. The van der Waals surface area contributed by atoms with E-state index in [0.717, 1.165) is 12.8 Å². The number of unbranched alkanes of at least 4 members (excludes halogenated alkanes) is 3. The van der Waals surface area contributed by atoms with Crippen molar-refractivity contribution in [1.82, 2.24) is 0 Å². The fourth-order valence-corrected chi connectivity index (χ4v) is 2.78. The summed E-state index contributed by atoms with van der Waals surface area (Å²) in [6, 6.07) is 0. The monoisotopic (exact) mass is 316 g/mol. The van der Waals surface area contributed by atoms with Crippen LogP contribution in [0, 0.1) is 0 Å². The topological polar surface area (TPSA) is 55.8 Å². The van der Waals surface area contributed by atoms with E-state index >= 15 is 0 Å². The van der Waals surface area contributed by atoms with Gasteiger partial charge < -0.3 is 14.3 Å². The van der Waals surface area contributed by atoms with Crippen molar-refractivity contribution in [3.8, 4) is 0 Å². The Labute approximate surface area is 131 Å². The third kappa shape index (κ3) is 11.7. The summed E-state index contributed by atoms with van der Waals surface area (Å²) < 4.78 is 10.5. The molecule has 0 bridgehead atoms. The molecule has 4 nitrogen and oxygen atoms in total. The first kappa shape index (κ1) is 20.3. The van der Waals surface area contributed by atoms with Crippen LogP contribution in [-0.2, 0) is 14.0 Å². The van der Waals surface area contributed by atoms with E-state index in [0.29, 0.717) is 0 Å². The molecule has 0 rings (SSSR count). The van der Waals surface area contributed by atoms with Gasteiger partial charge in [0.2, 0.25) is 0 Å². The highest BCUT2D eigenvalue weighted by molar-refractivity contribution is 6.31. The van der Waals surface area contributed by atoms with Crippen LogP contribution >= 0.6 is 0 Å². The normalized spacial score (nSPS) is 15.7. The summed E-state index contributed by atoms with van der Waals surface area (Å²) in [6.07, 6.45) is 7.21. The van der Waals surface area contributed by atoms with Crippen molar-refractivity contribution in [2.45, 2.75) is 77.0 Å². The molecule has 0 spiro atoms. The zero-order valence-corrected chi connectivity index (χ0v) is 15.6. The summed E-state index contributed by atoms with van der Waals surface area (Å²) in [5, 5.41) is 10.3. The first-order chi connectivity index (χ1) is 9.80. The average molecular weight is 317 g/mol. The number of aliphatic hydroxyl groups excluding tert-OH is 1. The molecule has 0 aromatic rings. The van der Waals surface area contributed by atoms with Crippen LogP contribution in [-0.4, -0.2) is 40.2 Å². The molecule has 0 aliphatic heterocycles. The minimum atomic E-state index is -0.838. The van der Waals surface area contributed by atoms with Crippen molar-refractivity contribution < 1.29 is 19.1 Å². The number of allylic oxidation sites excluding steroid dienone is 1. The van der Waals surface area contributed by atoms with Gasteiger partial charge in [-0.2, -0.15) is 0 Å². The second-order valence-corrected chi connectivity index (χ2v) is 9.35. The minimum Gasteiger partial charge on any atom is -0.469 e.